The highest BCUT2D eigenvalue weighted by atomic mass is 16.5. The summed E-state index contributed by atoms with van der Waals surface area (Å²) in [4.78, 5) is 40.3. The zero-order valence-corrected chi connectivity index (χ0v) is 16.7. The normalized spacial score (nSPS) is 22.8. The summed E-state index contributed by atoms with van der Waals surface area (Å²) < 4.78 is 7.37. The van der Waals surface area contributed by atoms with Crippen LogP contribution in [-0.4, -0.2) is 70.4 Å². The number of carbonyl (C=O) groups excluding carboxylic acids is 2. The summed E-state index contributed by atoms with van der Waals surface area (Å²) in [6, 6.07) is -0.376. The van der Waals surface area contributed by atoms with Crippen molar-refractivity contribution in [3.63, 3.8) is 0 Å². The van der Waals surface area contributed by atoms with E-state index < -0.39 is 0 Å². The van der Waals surface area contributed by atoms with Gasteiger partial charge in [-0.3, -0.25) is 9.20 Å². The maximum absolute atomic E-state index is 13.1. The quantitative estimate of drug-likeness (QED) is 0.763. The molecule has 2 N–H and O–H groups in total. The van der Waals surface area contributed by atoms with Crippen molar-refractivity contribution in [2.75, 3.05) is 31.2 Å². The van der Waals surface area contributed by atoms with Crippen molar-refractivity contribution in [3.8, 4) is 0 Å². The van der Waals surface area contributed by atoms with Crippen LogP contribution in [0.25, 0.3) is 11.2 Å². The van der Waals surface area contributed by atoms with Crippen LogP contribution < -0.4 is 15.5 Å². The molecular weight excluding hydrogens is 398 g/mol. The molecule has 2 fully saturated rings. The smallest absolute Gasteiger partial charge is 0.342 e. The van der Waals surface area contributed by atoms with Crippen LogP contribution in [-0.2, 0) is 4.74 Å². The van der Waals surface area contributed by atoms with Gasteiger partial charge in [-0.1, -0.05) is 12.2 Å². The molecule has 1 saturated carbocycles. The molecule has 158 valence electrons. The average molecular weight is 419 g/mol. The van der Waals surface area contributed by atoms with Crippen molar-refractivity contribution < 1.29 is 14.3 Å². The fraction of sp³-hybridized carbons (Fsp3) is 0.381. The Balaban J connectivity index is 1.50. The lowest BCUT2D eigenvalue weighted by Gasteiger charge is -2.27. The molecule has 1 atom stereocenters. The average Bonchev–Trinajstić information content (AvgIpc) is 3.38. The zero-order chi connectivity index (χ0) is 20.9. The highest BCUT2D eigenvalue weighted by Gasteiger charge is 2.31. The number of aliphatic imine (C=N–C) groups is 1. The van der Waals surface area contributed by atoms with Crippen molar-refractivity contribution in [1.29, 1.82) is 0 Å². The van der Waals surface area contributed by atoms with E-state index in [2.05, 4.69) is 25.5 Å². The SMILES string of the molecule is O=C1N=C2C=C(c3c(C(=O)NC4CC4)nc4c(N5CCOCC5)nccn34)C=CC2N1. The van der Waals surface area contributed by atoms with Gasteiger partial charge in [-0.2, -0.15) is 4.99 Å². The van der Waals surface area contributed by atoms with Crippen LogP contribution >= 0.6 is 0 Å². The van der Waals surface area contributed by atoms with E-state index in [1.54, 1.807) is 6.20 Å². The number of hydrogen-bond donors (Lipinski definition) is 2. The van der Waals surface area contributed by atoms with E-state index >= 15 is 0 Å². The number of nitrogens with one attached hydrogen (secondary N) is 2. The van der Waals surface area contributed by atoms with Crippen molar-refractivity contribution in [2.45, 2.75) is 24.9 Å². The number of fused-ring (bicyclic) bond motifs is 2. The molecule has 2 aliphatic heterocycles. The Morgan fingerprint density at radius 2 is 2.10 bits per heavy atom. The Hall–Kier alpha value is -3.53. The van der Waals surface area contributed by atoms with Gasteiger partial charge in [0, 0.05) is 37.1 Å². The summed E-state index contributed by atoms with van der Waals surface area (Å²) in [5.74, 6) is 0.527. The lowest BCUT2D eigenvalue weighted by atomic mass is 9.98. The molecule has 10 heteroatoms. The lowest BCUT2D eigenvalue weighted by Crippen LogP contribution is -2.37. The molecule has 10 nitrogen and oxygen atoms in total. The summed E-state index contributed by atoms with van der Waals surface area (Å²) in [7, 11) is 0. The van der Waals surface area contributed by atoms with E-state index in [9.17, 15) is 9.59 Å². The van der Waals surface area contributed by atoms with Gasteiger partial charge in [-0.25, -0.2) is 14.8 Å². The molecule has 0 bridgehead atoms. The third-order valence-corrected chi connectivity index (χ3v) is 5.84. The summed E-state index contributed by atoms with van der Waals surface area (Å²) in [6.07, 6.45) is 11.1. The minimum atomic E-state index is -0.356. The number of carbonyl (C=O) groups is 2. The summed E-state index contributed by atoms with van der Waals surface area (Å²) in [6.45, 7) is 2.68. The molecule has 0 spiro atoms. The van der Waals surface area contributed by atoms with Crippen LogP contribution in [0.2, 0.25) is 0 Å². The topological polar surface area (TPSA) is 113 Å². The Morgan fingerprint density at radius 3 is 2.90 bits per heavy atom. The maximum Gasteiger partial charge on any atom is 0.342 e. The molecule has 1 unspecified atom stereocenters. The molecule has 31 heavy (non-hydrogen) atoms. The zero-order valence-electron chi connectivity index (χ0n) is 16.7. The predicted molar refractivity (Wildman–Crippen MR) is 113 cm³/mol. The predicted octanol–water partition coefficient (Wildman–Crippen LogP) is 0.944. The first-order chi connectivity index (χ1) is 15.2. The third-order valence-electron chi connectivity index (χ3n) is 5.84. The van der Waals surface area contributed by atoms with E-state index in [4.69, 9.17) is 9.72 Å². The number of aromatic nitrogens is 3. The van der Waals surface area contributed by atoms with E-state index in [0.29, 0.717) is 49.0 Å². The number of urea groups is 1. The van der Waals surface area contributed by atoms with E-state index in [1.165, 1.54) is 0 Å². The number of morpholine rings is 1. The van der Waals surface area contributed by atoms with Gasteiger partial charge < -0.3 is 20.3 Å². The minimum absolute atomic E-state index is 0.201. The molecule has 6 rings (SSSR count). The van der Waals surface area contributed by atoms with Gasteiger partial charge in [0.2, 0.25) is 0 Å². The van der Waals surface area contributed by atoms with Crippen LogP contribution in [0.3, 0.4) is 0 Å². The first-order valence-electron chi connectivity index (χ1n) is 10.5. The lowest BCUT2D eigenvalue weighted by molar-refractivity contribution is 0.0946. The molecule has 2 aromatic rings. The molecule has 3 amide bonds. The number of rotatable bonds is 4. The van der Waals surface area contributed by atoms with Gasteiger partial charge in [-0.05, 0) is 18.9 Å². The van der Waals surface area contributed by atoms with Gasteiger partial charge in [0.1, 0.15) is 0 Å². The Kier molecular flexibility index (Phi) is 4.13. The second-order valence-corrected chi connectivity index (χ2v) is 8.02. The summed E-state index contributed by atoms with van der Waals surface area (Å²) >= 11 is 0. The standard InChI is InChI=1S/C21H21N7O3/c29-20(23-13-2-3-13)16-17(12-1-4-14-15(11-12)25-21(30)24-14)28-6-5-22-18(19(28)26-16)27-7-9-31-10-8-27/h1,4-6,11,13-14H,2-3,7-10H2,(H,23,29)(H,24,30). The van der Waals surface area contributed by atoms with E-state index in [0.717, 1.165) is 24.2 Å². The van der Waals surface area contributed by atoms with Gasteiger partial charge in [-0.15, -0.1) is 0 Å². The first kappa shape index (κ1) is 18.3. The van der Waals surface area contributed by atoms with Crippen molar-refractivity contribution >= 4 is 34.7 Å². The highest BCUT2D eigenvalue weighted by molar-refractivity contribution is 6.17. The monoisotopic (exact) mass is 419 g/mol. The fourth-order valence-corrected chi connectivity index (χ4v) is 4.13. The summed E-state index contributed by atoms with van der Waals surface area (Å²) in [5.41, 5.74) is 3.05. The van der Waals surface area contributed by atoms with Crippen LogP contribution in [0.5, 0.6) is 0 Å². The number of allylic oxidation sites excluding steroid dienone is 2. The van der Waals surface area contributed by atoms with Gasteiger partial charge in [0.25, 0.3) is 5.91 Å². The molecule has 0 aromatic carbocycles. The molecule has 2 aliphatic carbocycles. The number of anilines is 1. The number of amides is 3. The second-order valence-electron chi connectivity index (χ2n) is 8.02. The number of imidazole rings is 1. The van der Waals surface area contributed by atoms with E-state index in [1.807, 2.05) is 28.8 Å². The number of ether oxygens (including phenoxy) is 1. The van der Waals surface area contributed by atoms with Crippen molar-refractivity contribution in [2.24, 2.45) is 4.99 Å². The molecule has 4 heterocycles. The molecule has 0 radical (unpaired) electrons. The summed E-state index contributed by atoms with van der Waals surface area (Å²) in [5, 5.41) is 5.82. The first-order valence-corrected chi connectivity index (χ1v) is 10.5. The van der Waals surface area contributed by atoms with Crippen LogP contribution in [0.1, 0.15) is 29.0 Å². The van der Waals surface area contributed by atoms with Crippen molar-refractivity contribution in [3.05, 3.63) is 42.0 Å². The Labute approximate surface area is 177 Å². The molecule has 2 aromatic heterocycles. The molecule has 4 aliphatic rings. The molecular formula is C21H21N7O3. The molecule has 1 saturated heterocycles. The largest absolute Gasteiger partial charge is 0.378 e. The second kappa shape index (κ2) is 7.02. The fourth-order valence-electron chi connectivity index (χ4n) is 4.13. The van der Waals surface area contributed by atoms with Crippen LogP contribution in [0, 0.1) is 0 Å². The van der Waals surface area contributed by atoms with Gasteiger partial charge in [0.15, 0.2) is 17.2 Å². The Morgan fingerprint density at radius 1 is 1.26 bits per heavy atom. The van der Waals surface area contributed by atoms with Crippen molar-refractivity contribution in [1.82, 2.24) is 25.0 Å². The number of nitrogens with zero attached hydrogens (tertiary/aromatic N) is 5. The Bertz CT molecular complexity index is 1190. The highest BCUT2D eigenvalue weighted by Crippen LogP contribution is 2.30. The van der Waals surface area contributed by atoms with Crippen LogP contribution in [0.15, 0.2) is 35.6 Å². The minimum Gasteiger partial charge on any atom is -0.378 e. The van der Waals surface area contributed by atoms with Gasteiger partial charge >= 0.3 is 6.03 Å². The maximum atomic E-state index is 13.1. The van der Waals surface area contributed by atoms with E-state index in [-0.39, 0.29) is 24.0 Å². The van der Waals surface area contributed by atoms with Gasteiger partial charge in [0.05, 0.1) is 30.7 Å². The third kappa shape index (κ3) is 3.19. The van der Waals surface area contributed by atoms with Crippen LogP contribution in [0.4, 0.5) is 10.6 Å². The number of hydrogen-bond acceptors (Lipinski definition) is 6.